The molecule has 0 amide bonds. The van der Waals surface area contributed by atoms with Crippen molar-refractivity contribution in [2.45, 2.75) is 49.6 Å². The van der Waals surface area contributed by atoms with Gasteiger partial charge in [-0.3, -0.25) is 9.20 Å². The summed E-state index contributed by atoms with van der Waals surface area (Å²) in [6.45, 7) is 0. The summed E-state index contributed by atoms with van der Waals surface area (Å²) in [5, 5.41) is 9.86. The van der Waals surface area contributed by atoms with Crippen LogP contribution in [0, 0.1) is 23.2 Å². The largest absolute Gasteiger partial charge is 0.481 e. The standard InChI is InChI=1S/C31H27F3N4O2/c32-31(33,34)20-3-1-2-19(13-20)29(8-9-29)18-6-4-16(5-7-18)24-25-26(35)36-10-11-38(25)27(37-24)23-17-12-22-21(23)15-30(22,14-17)28(39)40/h1-7,10-11,13,17,21-23H,8-9,12,14-15H2,(H2,35,36)(H,39,40)/t17-,21?,22-,23-,30-/m0/s1. The number of anilines is 1. The second-order valence-corrected chi connectivity index (χ2v) is 12.2. The Hall–Kier alpha value is -3.88. The Labute approximate surface area is 228 Å². The topological polar surface area (TPSA) is 93.5 Å². The number of nitrogen functional groups attached to an aromatic ring is 1. The lowest BCUT2D eigenvalue weighted by Gasteiger charge is -2.53. The molecule has 0 spiro atoms. The molecule has 0 radical (unpaired) electrons. The van der Waals surface area contributed by atoms with Crippen molar-refractivity contribution >= 4 is 17.3 Å². The third-order valence-electron chi connectivity index (χ3n) is 10.5. The number of rotatable bonds is 5. The van der Waals surface area contributed by atoms with E-state index in [9.17, 15) is 23.1 Å². The van der Waals surface area contributed by atoms with Crippen LogP contribution in [0.3, 0.4) is 0 Å². The molecule has 8 rings (SSSR count). The van der Waals surface area contributed by atoms with Gasteiger partial charge in [0.05, 0.1) is 11.0 Å². The van der Waals surface area contributed by atoms with Gasteiger partial charge in [-0.15, -0.1) is 0 Å². The first-order valence-electron chi connectivity index (χ1n) is 13.8. The molecule has 4 aliphatic carbocycles. The fourth-order valence-corrected chi connectivity index (χ4v) is 8.54. The maximum absolute atomic E-state index is 13.4. The van der Waals surface area contributed by atoms with E-state index in [-0.39, 0.29) is 17.8 Å². The molecule has 2 aromatic heterocycles. The summed E-state index contributed by atoms with van der Waals surface area (Å²) in [5.74, 6) is 1.63. The molecule has 5 atom stereocenters. The van der Waals surface area contributed by atoms with Crippen LogP contribution >= 0.6 is 0 Å². The first-order chi connectivity index (χ1) is 19.1. The Morgan fingerprint density at radius 3 is 2.50 bits per heavy atom. The summed E-state index contributed by atoms with van der Waals surface area (Å²) in [6.07, 6.45) is 3.10. The Balaban J connectivity index is 1.16. The molecule has 4 fully saturated rings. The third kappa shape index (κ3) is 3.03. The minimum Gasteiger partial charge on any atom is -0.481 e. The Bertz CT molecular complexity index is 1710. The molecule has 0 aliphatic heterocycles. The molecule has 3 N–H and O–H groups in total. The second-order valence-electron chi connectivity index (χ2n) is 12.2. The van der Waals surface area contributed by atoms with Gasteiger partial charge >= 0.3 is 12.1 Å². The predicted octanol–water partition coefficient (Wildman–Crippen LogP) is 6.29. The number of imidazole rings is 1. The highest BCUT2D eigenvalue weighted by atomic mass is 19.4. The van der Waals surface area contributed by atoms with Gasteiger partial charge in [0.2, 0.25) is 0 Å². The van der Waals surface area contributed by atoms with Gasteiger partial charge in [0, 0.05) is 29.3 Å². The molecule has 4 aliphatic rings. The number of fused-ring (bicyclic) bond motifs is 2. The second kappa shape index (κ2) is 7.65. The first kappa shape index (κ1) is 24.0. The summed E-state index contributed by atoms with van der Waals surface area (Å²) in [4.78, 5) is 21.5. The number of hydrogen-bond acceptors (Lipinski definition) is 4. The zero-order chi connectivity index (χ0) is 27.6. The number of hydrogen-bond donors (Lipinski definition) is 2. The van der Waals surface area contributed by atoms with E-state index in [1.165, 1.54) is 12.1 Å². The minimum atomic E-state index is -4.38. The van der Waals surface area contributed by atoms with E-state index in [2.05, 4.69) is 4.98 Å². The molecule has 2 heterocycles. The zero-order valence-electron chi connectivity index (χ0n) is 21.5. The normalized spacial score (nSPS) is 29.5. The predicted molar refractivity (Wildman–Crippen MR) is 141 cm³/mol. The van der Waals surface area contributed by atoms with Crippen LogP contribution in [-0.2, 0) is 16.4 Å². The summed E-state index contributed by atoms with van der Waals surface area (Å²) in [5.41, 5.74) is 8.79. The average molecular weight is 545 g/mol. The number of aromatic nitrogens is 3. The molecule has 0 saturated heterocycles. The van der Waals surface area contributed by atoms with E-state index in [0.717, 1.165) is 53.5 Å². The number of carbonyl (C=O) groups is 1. The highest BCUT2D eigenvalue weighted by Gasteiger charge is 2.72. The van der Waals surface area contributed by atoms with Crippen molar-refractivity contribution in [3.05, 3.63) is 83.4 Å². The van der Waals surface area contributed by atoms with Crippen molar-refractivity contribution in [1.29, 1.82) is 0 Å². The minimum absolute atomic E-state index is 0.184. The van der Waals surface area contributed by atoms with E-state index in [0.29, 0.717) is 30.1 Å². The Morgan fingerprint density at radius 1 is 1.07 bits per heavy atom. The van der Waals surface area contributed by atoms with Crippen LogP contribution in [0.5, 0.6) is 0 Å². The monoisotopic (exact) mass is 544 g/mol. The Kier molecular flexibility index (Phi) is 4.58. The van der Waals surface area contributed by atoms with Crippen molar-refractivity contribution < 1.29 is 23.1 Å². The maximum Gasteiger partial charge on any atom is 0.416 e. The van der Waals surface area contributed by atoms with E-state index in [1.807, 2.05) is 34.9 Å². The van der Waals surface area contributed by atoms with Gasteiger partial charge in [-0.2, -0.15) is 13.2 Å². The number of nitrogens with two attached hydrogens (primary N) is 1. The van der Waals surface area contributed by atoms with Crippen molar-refractivity contribution in [2.75, 3.05) is 5.73 Å². The van der Waals surface area contributed by atoms with Gasteiger partial charge in [0.25, 0.3) is 0 Å². The quantitative estimate of drug-likeness (QED) is 0.308. The van der Waals surface area contributed by atoms with Crippen LogP contribution in [0.2, 0.25) is 0 Å². The van der Waals surface area contributed by atoms with E-state index in [1.54, 1.807) is 12.3 Å². The number of halogens is 3. The van der Waals surface area contributed by atoms with E-state index in [4.69, 9.17) is 10.7 Å². The third-order valence-corrected chi connectivity index (χ3v) is 10.5. The fourth-order valence-electron chi connectivity index (χ4n) is 8.54. The SMILES string of the molecule is Nc1nccn2c([C@@H]3C4C[C@@]5(C(=O)O)C[C@@H]3C[C@@H]45)nc(-c3ccc(C4(c5cccc(C(F)(F)F)c5)CC4)cc3)c12. The molecule has 2 bridgehead atoms. The number of nitrogens with zero attached hydrogens (tertiary/aromatic N) is 3. The van der Waals surface area contributed by atoms with Crippen LogP contribution in [0.15, 0.2) is 60.9 Å². The number of carboxylic acids is 1. The van der Waals surface area contributed by atoms with Crippen LogP contribution < -0.4 is 5.73 Å². The maximum atomic E-state index is 13.4. The molecular weight excluding hydrogens is 517 g/mol. The molecule has 2 aromatic carbocycles. The van der Waals surface area contributed by atoms with Gasteiger partial charge in [0.1, 0.15) is 22.9 Å². The highest BCUT2D eigenvalue weighted by Crippen LogP contribution is 2.75. The van der Waals surface area contributed by atoms with Crippen LogP contribution in [0.25, 0.3) is 16.8 Å². The lowest BCUT2D eigenvalue weighted by molar-refractivity contribution is -0.169. The van der Waals surface area contributed by atoms with E-state index >= 15 is 0 Å². The zero-order valence-corrected chi connectivity index (χ0v) is 21.5. The number of benzene rings is 2. The number of carboxylic acid groups (broad SMARTS) is 1. The van der Waals surface area contributed by atoms with Crippen molar-refractivity contribution in [3.8, 4) is 11.3 Å². The van der Waals surface area contributed by atoms with Gasteiger partial charge < -0.3 is 10.8 Å². The molecule has 9 heteroatoms. The molecule has 4 aromatic rings. The highest BCUT2D eigenvalue weighted by molar-refractivity contribution is 5.85. The smallest absolute Gasteiger partial charge is 0.416 e. The van der Waals surface area contributed by atoms with Crippen molar-refractivity contribution in [2.24, 2.45) is 23.2 Å². The average Bonchev–Trinajstić information content (AvgIpc) is 3.48. The van der Waals surface area contributed by atoms with Gasteiger partial charge in [-0.25, -0.2) is 9.97 Å². The number of alkyl halides is 3. The lowest BCUT2D eigenvalue weighted by Crippen LogP contribution is -2.53. The fraction of sp³-hybridized carbons (Fsp3) is 0.387. The molecule has 40 heavy (non-hydrogen) atoms. The van der Waals surface area contributed by atoms with Gasteiger partial charge in [-0.1, -0.05) is 42.5 Å². The molecule has 204 valence electrons. The first-order valence-corrected chi connectivity index (χ1v) is 13.8. The summed E-state index contributed by atoms with van der Waals surface area (Å²) in [6, 6.07) is 13.6. The molecule has 1 unspecified atom stereocenters. The Morgan fingerprint density at radius 2 is 1.85 bits per heavy atom. The molecule has 6 nitrogen and oxygen atoms in total. The summed E-state index contributed by atoms with van der Waals surface area (Å²) < 4.78 is 42.2. The van der Waals surface area contributed by atoms with Gasteiger partial charge in [0.15, 0.2) is 0 Å². The van der Waals surface area contributed by atoms with E-state index < -0.39 is 28.5 Å². The van der Waals surface area contributed by atoms with Crippen molar-refractivity contribution in [3.63, 3.8) is 0 Å². The summed E-state index contributed by atoms with van der Waals surface area (Å²) in [7, 11) is 0. The lowest BCUT2D eigenvalue weighted by atomic mass is 9.49. The van der Waals surface area contributed by atoms with Crippen LogP contribution in [0.1, 0.15) is 60.5 Å². The van der Waals surface area contributed by atoms with Crippen LogP contribution in [0.4, 0.5) is 19.0 Å². The number of aliphatic carboxylic acids is 1. The van der Waals surface area contributed by atoms with Crippen molar-refractivity contribution in [1.82, 2.24) is 14.4 Å². The van der Waals surface area contributed by atoms with Gasteiger partial charge in [-0.05, 0) is 67.1 Å². The summed E-state index contributed by atoms with van der Waals surface area (Å²) >= 11 is 0. The molecule has 4 saturated carbocycles. The van der Waals surface area contributed by atoms with Crippen LogP contribution in [-0.4, -0.2) is 25.4 Å². The molecular formula is C31H27F3N4O2.